The van der Waals surface area contributed by atoms with Crippen molar-refractivity contribution in [2.24, 2.45) is 0 Å². The molecule has 1 N–H and O–H groups in total. The molecular weight excluding hydrogens is 262 g/mol. The van der Waals surface area contributed by atoms with Crippen LogP contribution in [0.2, 0.25) is 0 Å². The second kappa shape index (κ2) is 7.05. The van der Waals surface area contributed by atoms with Gasteiger partial charge in [-0.15, -0.1) is 11.3 Å². The molecule has 1 atom stereocenters. The van der Waals surface area contributed by atoms with E-state index in [1.807, 2.05) is 11.3 Å². The van der Waals surface area contributed by atoms with Crippen LogP contribution in [0.1, 0.15) is 46.5 Å². The highest BCUT2D eigenvalue weighted by Crippen LogP contribution is 2.25. The molecule has 20 heavy (non-hydrogen) atoms. The fraction of sp³-hybridized carbons (Fsp3) is 0.444. The Morgan fingerprint density at radius 1 is 1.15 bits per heavy atom. The first-order valence-corrected chi connectivity index (χ1v) is 8.32. The van der Waals surface area contributed by atoms with Gasteiger partial charge >= 0.3 is 0 Å². The lowest BCUT2D eigenvalue weighted by Gasteiger charge is -2.19. The predicted octanol–water partition coefficient (Wildman–Crippen LogP) is 4.96. The number of nitrogens with one attached hydrogen (secondary N) is 1. The van der Waals surface area contributed by atoms with E-state index in [-0.39, 0.29) is 0 Å². The average molecular weight is 287 g/mol. The minimum atomic E-state index is 0.431. The molecule has 0 spiro atoms. The van der Waals surface area contributed by atoms with Gasteiger partial charge in [0.1, 0.15) is 0 Å². The van der Waals surface area contributed by atoms with Crippen LogP contribution in [0.5, 0.6) is 0 Å². The lowest BCUT2D eigenvalue weighted by Crippen LogP contribution is -2.24. The third-order valence-corrected chi connectivity index (χ3v) is 4.60. The van der Waals surface area contributed by atoms with E-state index in [2.05, 4.69) is 62.7 Å². The van der Waals surface area contributed by atoms with Crippen molar-refractivity contribution in [3.05, 3.63) is 56.8 Å². The van der Waals surface area contributed by atoms with Crippen molar-refractivity contribution in [3.63, 3.8) is 0 Å². The Morgan fingerprint density at radius 2 is 1.95 bits per heavy atom. The molecule has 1 heterocycles. The summed E-state index contributed by atoms with van der Waals surface area (Å²) in [5.74, 6) is 0. The van der Waals surface area contributed by atoms with Crippen LogP contribution in [0.15, 0.2) is 29.6 Å². The van der Waals surface area contributed by atoms with Crippen molar-refractivity contribution in [2.45, 2.75) is 46.6 Å². The second-order valence-corrected chi connectivity index (χ2v) is 6.75. The molecule has 0 aliphatic carbocycles. The average Bonchev–Trinajstić information content (AvgIpc) is 2.85. The third-order valence-electron chi connectivity index (χ3n) is 3.72. The maximum absolute atomic E-state index is 3.70. The standard InChI is InChI=1S/C18H25NS/c1-5-8-19-18(17-10-15(4)20-12-17)11-16-9-13(2)6-7-14(16)3/h6-7,9-10,12,18-19H,5,8,11H2,1-4H3. The van der Waals surface area contributed by atoms with Gasteiger partial charge in [-0.1, -0.05) is 30.7 Å². The fourth-order valence-corrected chi connectivity index (χ4v) is 3.27. The highest BCUT2D eigenvalue weighted by Gasteiger charge is 2.14. The first-order valence-electron chi connectivity index (χ1n) is 7.44. The van der Waals surface area contributed by atoms with Gasteiger partial charge in [0.25, 0.3) is 0 Å². The number of benzene rings is 1. The van der Waals surface area contributed by atoms with Gasteiger partial charge in [0.15, 0.2) is 0 Å². The van der Waals surface area contributed by atoms with E-state index in [0.29, 0.717) is 6.04 Å². The number of hydrogen-bond donors (Lipinski definition) is 1. The summed E-state index contributed by atoms with van der Waals surface area (Å²) >= 11 is 1.84. The van der Waals surface area contributed by atoms with E-state index in [4.69, 9.17) is 0 Å². The van der Waals surface area contributed by atoms with Crippen LogP contribution in [0.3, 0.4) is 0 Å². The Bertz CT molecular complexity index is 556. The van der Waals surface area contributed by atoms with Gasteiger partial charge < -0.3 is 5.32 Å². The second-order valence-electron chi connectivity index (χ2n) is 5.63. The van der Waals surface area contributed by atoms with Crippen LogP contribution < -0.4 is 5.32 Å². The molecule has 0 amide bonds. The van der Waals surface area contributed by atoms with E-state index < -0.39 is 0 Å². The predicted molar refractivity (Wildman–Crippen MR) is 89.7 cm³/mol. The molecule has 1 aromatic carbocycles. The van der Waals surface area contributed by atoms with E-state index in [1.165, 1.54) is 33.6 Å². The molecule has 2 heteroatoms. The molecule has 0 saturated heterocycles. The van der Waals surface area contributed by atoms with Gasteiger partial charge in [-0.05, 0) is 68.3 Å². The summed E-state index contributed by atoms with van der Waals surface area (Å²) in [5.41, 5.74) is 5.64. The van der Waals surface area contributed by atoms with Gasteiger partial charge in [0.05, 0.1) is 0 Å². The summed E-state index contributed by atoms with van der Waals surface area (Å²) in [5, 5.41) is 6.00. The van der Waals surface area contributed by atoms with E-state index >= 15 is 0 Å². The lowest BCUT2D eigenvalue weighted by molar-refractivity contribution is 0.529. The largest absolute Gasteiger partial charge is 0.310 e. The summed E-state index contributed by atoms with van der Waals surface area (Å²) in [6.45, 7) is 9.87. The summed E-state index contributed by atoms with van der Waals surface area (Å²) in [6, 6.07) is 9.52. The molecule has 1 nitrogen and oxygen atoms in total. The summed E-state index contributed by atoms with van der Waals surface area (Å²) in [7, 11) is 0. The number of hydrogen-bond acceptors (Lipinski definition) is 2. The lowest BCUT2D eigenvalue weighted by atomic mass is 9.96. The van der Waals surface area contributed by atoms with Gasteiger partial charge in [-0.3, -0.25) is 0 Å². The van der Waals surface area contributed by atoms with Crippen LogP contribution in [0.4, 0.5) is 0 Å². The van der Waals surface area contributed by atoms with Gasteiger partial charge in [-0.25, -0.2) is 0 Å². The van der Waals surface area contributed by atoms with E-state index in [9.17, 15) is 0 Å². The zero-order chi connectivity index (χ0) is 14.5. The normalized spacial score (nSPS) is 12.6. The zero-order valence-electron chi connectivity index (χ0n) is 13.0. The molecule has 2 rings (SSSR count). The maximum Gasteiger partial charge on any atom is 0.0369 e. The monoisotopic (exact) mass is 287 g/mol. The van der Waals surface area contributed by atoms with Crippen molar-refractivity contribution in [1.82, 2.24) is 5.32 Å². The van der Waals surface area contributed by atoms with Crippen LogP contribution in [-0.4, -0.2) is 6.54 Å². The molecule has 1 unspecified atom stereocenters. The van der Waals surface area contributed by atoms with Gasteiger partial charge in [0.2, 0.25) is 0 Å². The molecule has 0 bridgehead atoms. The molecule has 0 fully saturated rings. The van der Waals surface area contributed by atoms with Crippen molar-refractivity contribution < 1.29 is 0 Å². The summed E-state index contributed by atoms with van der Waals surface area (Å²) in [6.07, 6.45) is 2.25. The third kappa shape index (κ3) is 3.94. The Labute approximate surface area is 127 Å². The first-order chi connectivity index (χ1) is 9.60. The summed E-state index contributed by atoms with van der Waals surface area (Å²) in [4.78, 5) is 1.39. The van der Waals surface area contributed by atoms with Crippen molar-refractivity contribution in [2.75, 3.05) is 6.54 Å². The molecule has 0 saturated carbocycles. The minimum Gasteiger partial charge on any atom is -0.310 e. The Morgan fingerprint density at radius 3 is 2.60 bits per heavy atom. The van der Waals surface area contributed by atoms with Gasteiger partial charge in [0, 0.05) is 10.9 Å². The van der Waals surface area contributed by atoms with Crippen molar-refractivity contribution in [1.29, 1.82) is 0 Å². The van der Waals surface area contributed by atoms with Crippen LogP contribution in [-0.2, 0) is 6.42 Å². The SMILES string of the molecule is CCCNC(Cc1cc(C)ccc1C)c1csc(C)c1. The number of rotatable bonds is 6. The molecular formula is C18H25NS. The fourth-order valence-electron chi connectivity index (χ4n) is 2.51. The topological polar surface area (TPSA) is 12.0 Å². The van der Waals surface area contributed by atoms with Crippen LogP contribution in [0, 0.1) is 20.8 Å². The Balaban J connectivity index is 2.21. The molecule has 1 aromatic heterocycles. The molecule has 0 radical (unpaired) electrons. The first kappa shape index (κ1) is 15.3. The Hall–Kier alpha value is -1.12. The minimum absolute atomic E-state index is 0.431. The van der Waals surface area contributed by atoms with E-state index in [1.54, 1.807) is 0 Å². The van der Waals surface area contributed by atoms with E-state index in [0.717, 1.165) is 13.0 Å². The summed E-state index contributed by atoms with van der Waals surface area (Å²) < 4.78 is 0. The Kier molecular flexibility index (Phi) is 5.38. The van der Waals surface area contributed by atoms with Crippen LogP contribution >= 0.6 is 11.3 Å². The highest BCUT2D eigenvalue weighted by molar-refractivity contribution is 7.10. The smallest absolute Gasteiger partial charge is 0.0369 e. The molecule has 0 aliphatic heterocycles. The highest BCUT2D eigenvalue weighted by atomic mass is 32.1. The number of aryl methyl sites for hydroxylation is 3. The number of thiophene rings is 1. The molecule has 0 aliphatic rings. The van der Waals surface area contributed by atoms with Gasteiger partial charge in [-0.2, -0.15) is 0 Å². The molecule has 2 aromatic rings. The van der Waals surface area contributed by atoms with Crippen LogP contribution in [0.25, 0.3) is 0 Å². The quantitative estimate of drug-likeness (QED) is 0.792. The molecule has 108 valence electrons. The maximum atomic E-state index is 3.70. The van der Waals surface area contributed by atoms with Crippen molar-refractivity contribution in [3.8, 4) is 0 Å². The van der Waals surface area contributed by atoms with Crippen molar-refractivity contribution >= 4 is 11.3 Å². The zero-order valence-corrected chi connectivity index (χ0v) is 13.8.